The number of ketones is 1. The lowest BCUT2D eigenvalue weighted by Crippen LogP contribution is -2.49. The highest BCUT2D eigenvalue weighted by Crippen LogP contribution is 2.61. The molecule has 2 aliphatic carbocycles. The van der Waals surface area contributed by atoms with Crippen molar-refractivity contribution < 1.29 is 27.8 Å². The molecule has 236 valence electrons. The third kappa shape index (κ3) is 8.57. The van der Waals surface area contributed by atoms with E-state index in [2.05, 4.69) is 9.97 Å². The summed E-state index contributed by atoms with van der Waals surface area (Å²) in [5.74, 6) is -1.75. The van der Waals surface area contributed by atoms with Crippen LogP contribution in [0.5, 0.6) is 0 Å². The molecular weight excluding hydrogens is 540 g/mol. The van der Waals surface area contributed by atoms with Gasteiger partial charge in [0.05, 0.1) is 23.0 Å². The van der Waals surface area contributed by atoms with Gasteiger partial charge in [0.1, 0.15) is 17.0 Å². The molecule has 0 saturated heterocycles. The highest BCUT2D eigenvalue weighted by molar-refractivity contribution is 5.94. The molecule has 0 bridgehead atoms. The molecule has 3 rings (SSSR count). The van der Waals surface area contributed by atoms with Crippen molar-refractivity contribution in [3.8, 4) is 0 Å². The van der Waals surface area contributed by atoms with Crippen LogP contribution in [0.25, 0.3) is 6.08 Å². The van der Waals surface area contributed by atoms with Crippen molar-refractivity contribution in [3.63, 3.8) is 0 Å². The van der Waals surface area contributed by atoms with E-state index in [1.165, 1.54) is 30.4 Å². The van der Waals surface area contributed by atoms with Crippen molar-refractivity contribution in [1.82, 2.24) is 14.9 Å². The number of alkyl halides is 2. The summed E-state index contributed by atoms with van der Waals surface area (Å²) in [6, 6.07) is 0. The zero-order valence-corrected chi connectivity index (χ0v) is 27.1. The van der Waals surface area contributed by atoms with Crippen LogP contribution >= 0.6 is 0 Å². The van der Waals surface area contributed by atoms with Gasteiger partial charge in [0, 0.05) is 27.0 Å². The van der Waals surface area contributed by atoms with Crippen molar-refractivity contribution in [2.45, 2.75) is 130 Å². The minimum atomic E-state index is -2.78. The third-order valence-corrected chi connectivity index (χ3v) is 9.18. The van der Waals surface area contributed by atoms with Gasteiger partial charge in [0.25, 0.3) is 5.92 Å². The fourth-order valence-electron chi connectivity index (χ4n) is 5.70. The number of carbonyl (C=O) groups is 2. The molecule has 9 heteroatoms. The molecule has 0 spiro atoms. The van der Waals surface area contributed by atoms with Gasteiger partial charge in [0.2, 0.25) is 0 Å². The molecule has 0 aliphatic heterocycles. The van der Waals surface area contributed by atoms with Crippen LogP contribution in [0.1, 0.15) is 128 Å². The molecular formula is C33H51F2N3O4. The first kappa shape index (κ1) is 34.1. The van der Waals surface area contributed by atoms with Crippen LogP contribution in [0.15, 0.2) is 11.8 Å². The fourth-order valence-corrected chi connectivity index (χ4v) is 5.70. The molecule has 1 heterocycles. The van der Waals surface area contributed by atoms with E-state index in [1.54, 1.807) is 27.0 Å². The van der Waals surface area contributed by atoms with Crippen molar-refractivity contribution >= 4 is 18.0 Å². The van der Waals surface area contributed by atoms with E-state index in [9.17, 15) is 18.4 Å². The summed E-state index contributed by atoms with van der Waals surface area (Å²) in [7, 11) is 1.69. The second-order valence-corrected chi connectivity index (χ2v) is 13.9. The Morgan fingerprint density at radius 3 is 2.29 bits per heavy atom. The number of nitrogens with zero attached hydrogens (tertiary/aromatic N) is 3. The van der Waals surface area contributed by atoms with Crippen LogP contribution in [0.2, 0.25) is 0 Å². The van der Waals surface area contributed by atoms with Gasteiger partial charge >= 0.3 is 6.09 Å². The van der Waals surface area contributed by atoms with Gasteiger partial charge in [-0.25, -0.2) is 18.6 Å². The van der Waals surface area contributed by atoms with Gasteiger partial charge in [-0.3, -0.25) is 14.7 Å². The normalized spacial score (nSPS) is 18.3. The molecule has 1 aromatic heterocycles. The van der Waals surface area contributed by atoms with Crippen molar-refractivity contribution in [3.05, 3.63) is 28.9 Å². The second-order valence-electron chi connectivity index (χ2n) is 13.9. The summed E-state index contributed by atoms with van der Waals surface area (Å²) >= 11 is 0. The van der Waals surface area contributed by atoms with Crippen LogP contribution in [-0.4, -0.2) is 57.6 Å². The summed E-state index contributed by atoms with van der Waals surface area (Å²) in [4.78, 5) is 35.8. The number of ether oxygens (including phenoxy) is 2. The Morgan fingerprint density at radius 1 is 1.14 bits per heavy atom. The van der Waals surface area contributed by atoms with Crippen molar-refractivity contribution in [2.24, 2.45) is 17.3 Å². The van der Waals surface area contributed by atoms with Gasteiger partial charge in [-0.1, -0.05) is 24.8 Å². The number of carbonyl (C=O) groups excluding carboxylic acids is 2. The van der Waals surface area contributed by atoms with Crippen LogP contribution in [0, 0.1) is 24.2 Å². The molecule has 1 unspecified atom stereocenters. The first-order chi connectivity index (χ1) is 19.4. The summed E-state index contributed by atoms with van der Waals surface area (Å²) < 4.78 is 39.9. The maximum absolute atomic E-state index is 14.1. The number of amides is 1. The van der Waals surface area contributed by atoms with Gasteiger partial charge in [0.15, 0.2) is 5.78 Å². The SMILES string of the molecule is C/C(=C\c1ncc(C(=O)CCCC(CCOC(C)(C)N(C)C(=O)OC(C)(C)C)C2CCC2)nc1C)C1(C(C)(F)F)CC1. The van der Waals surface area contributed by atoms with Crippen LogP contribution in [0.3, 0.4) is 0 Å². The Morgan fingerprint density at radius 2 is 1.79 bits per heavy atom. The third-order valence-electron chi connectivity index (χ3n) is 9.18. The first-order valence-electron chi connectivity index (χ1n) is 15.4. The fraction of sp³-hybridized carbons (Fsp3) is 0.758. The summed E-state index contributed by atoms with van der Waals surface area (Å²) in [5.41, 5.74) is -0.442. The monoisotopic (exact) mass is 591 g/mol. The molecule has 42 heavy (non-hydrogen) atoms. The molecule has 0 N–H and O–H groups in total. The van der Waals surface area contributed by atoms with E-state index in [-0.39, 0.29) is 5.78 Å². The van der Waals surface area contributed by atoms with Gasteiger partial charge in [-0.2, -0.15) is 0 Å². The van der Waals surface area contributed by atoms with Crippen LogP contribution in [0.4, 0.5) is 13.6 Å². The van der Waals surface area contributed by atoms with E-state index < -0.39 is 28.8 Å². The number of hydrogen-bond acceptors (Lipinski definition) is 6. The number of rotatable bonds is 14. The van der Waals surface area contributed by atoms with Gasteiger partial charge in [-0.15, -0.1) is 0 Å². The molecule has 2 fully saturated rings. The smallest absolute Gasteiger partial charge is 0.412 e. The highest BCUT2D eigenvalue weighted by atomic mass is 19.3. The maximum atomic E-state index is 14.1. The standard InChI is InChI=1S/C33H51F2N3O4/c1-22(33(17-18-33)32(8,34)35)20-26-23(2)37-27(21-36-26)28(39)15-11-14-25(24-12-10-13-24)16-19-41-31(6,7)38(9)29(40)42-30(3,4)5/h20-21,24-25H,10-19H2,1-9H3/b22-20+. The van der Waals surface area contributed by atoms with Crippen molar-refractivity contribution in [1.29, 1.82) is 0 Å². The number of hydrogen-bond donors (Lipinski definition) is 0. The molecule has 2 saturated carbocycles. The van der Waals surface area contributed by atoms with Crippen molar-refractivity contribution in [2.75, 3.05) is 13.7 Å². The minimum Gasteiger partial charge on any atom is -0.444 e. The molecule has 7 nitrogen and oxygen atoms in total. The largest absolute Gasteiger partial charge is 0.444 e. The number of aryl methyl sites for hydroxylation is 1. The molecule has 0 radical (unpaired) electrons. The lowest BCUT2D eigenvalue weighted by Gasteiger charge is -2.38. The first-order valence-corrected chi connectivity index (χ1v) is 15.4. The Labute approximate surface area is 250 Å². The molecule has 0 aromatic carbocycles. The Hall–Kier alpha value is -2.42. The average Bonchev–Trinajstić information content (AvgIpc) is 3.65. The molecule has 1 aromatic rings. The Kier molecular flexibility index (Phi) is 10.6. The predicted octanol–water partition coefficient (Wildman–Crippen LogP) is 8.40. The summed E-state index contributed by atoms with van der Waals surface area (Å²) in [5, 5.41) is 0. The molecule has 2 aliphatic rings. The number of Topliss-reactive ketones (excluding diaryl/α,β-unsaturated/α-hetero) is 1. The Balaban J connectivity index is 1.52. The summed E-state index contributed by atoms with van der Waals surface area (Å²) in [6.45, 7) is 14.2. The zero-order chi connectivity index (χ0) is 31.5. The lowest BCUT2D eigenvalue weighted by atomic mass is 9.72. The second kappa shape index (κ2) is 13.1. The van der Waals surface area contributed by atoms with E-state index in [1.807, 2.05) is 34.6 Å². The average molecular weight is 592 g/mol. The number of halogens is 2. The minimum absolute atomic E-state index is 0.0552. The lowest BCUT2D eigenvalue weighted by molar-refractivity contribution is -0.122. The predicted molar refractivity (Wildman–Crippen MR) is 160 cm³/mol. The number of aromatic nitrogens is 2. The van der Waals surface area contributed by atoms with E-state index in [4.69, 9.17) is 9.47 Å². The van der Waals surface area contributed by atoms with Gasteiger partial charge in [-0.05, 0) is 98.5 Å². The molecule has 1 atom stereocenters. The maximum Gasteiger partial charge on any atom is 0.412 e. The van der Waals surface area contributed by atoms with Crippen LogP contribution in [-0.2, 0) is 9.47 Å². The quantitative estimate of drug-likeness (QED) is 0.160. The number of allylic oxidation sites excluding steroid dienone is 1. The van der Waals surface area contributed by atoms with Gasteiger partial charge < -0.3 is 9.47 Å². The highest BCUT2D eigenvalue weighted by Gasteiger charge is 2.59. The topological polar surface area (TPSA) is 81.6 Å². The van der Waals surface area contributed by atoms with E-state index >= 15 is 0 Å². The Bertz CT molecular complexity index is 1140. The summed E-state index contributed by atoms with van der Waals surface area (Å²) in [6.07, 6.45) is 10.2. The van der Waals surface area contributed by atoms with E-state index in [0.29, 0.717) is 60.4 Å². The molecule has 1 amide bonds. The zero-order valence-electron chi connectivity index (χ0n) is 27.1. The van der Waals surface area contributed by atoms with E-state index in [0.717, 1.165) is 26.2 Å². The van der Waals surface area contributed by atoms with Crippen LogP contribution < -0.4 is 0 Å².